The van der Waals surface area contributed by atoms with Crippen molar-refractivity contribution < 1.29 is 9.53 Å². The van der Waals surface area contributed by atoms with Crippen molar-refractivity contribution in [2.45, 2.75) is 0 Å². The molecule has 0 saturated heterocycles. The Balaban J connectivity index is 2.90. The van der Waals surface area contributed by atoms with Gasteiger partial charge >= 0.3 is 0 Å². The second kappa shape index (κ2) is 7.17. The van der Waals surface area contributed by atoms with Crippen LogP contribution in [0.1, 0.15) is 0 Å². The van der Waals surface area contributed by atoms with E-state index in [9.17, 15) is 4.79 Å². The van der Waals surface area contributed by atoms with Crippen LogP contribution in [0.3, 0.4) is 0 Å². The van der Waals surface area contributed by atoms with E-state index in [0.717, 1.165) is 12.8 Å². The zero-order valence-electron chi connectivity index (χ0n) is 5.46. The van der Waals surface area contributed by atoms with Gasteiger partial charge in [0.05, 0.1) is 6.61 Å². The first-order chi connectivity index (χ1) is 4.41. The molecule has 9 heavy (non-hydrogen) atoms. The second-order valence-electron chi connectivity index (χ2n) is 1.44. The summed E-state index contributed by atoms with van der Waals surface area (Å²) in [5.74, 6) is 0. The van der Waals surface area contributed by atoms with Gasteiger partial charge in [0.15, 0.2) is 0 Å². The number of allylic oxidation sites excluding steroid dienone is 1. The third-order valence-electron chi connectivity index (χ3n) is 0.743. The fourth-order valence-electron chi connectivity index (χ4n) is 0.352. The van der Waals surface area contributed by atoms with Gasteiger partial charge in [-0.25, -0.2) is 0 Å². The van der Waals surface area contributed by atoms with E-state index >= 15 is 0 Å². The zero-order valence-corrected chi connectivity index (χ0v) is 5.46. The maximum atomic E-state index is 9.68. The van der Waals surface area contributed by atoms with Crippen molar-refractivity contribution in [3.8, 4) is 0 Å². The van der Waals surface area contributed by atoms with Crippen molar-refractivity contribution in [2.75, 3.05) is 20.3 Å². The highest BCUT2D eigenvalue weighted by Gasteiger charge is 1.75. The Hall–Kier alpha value is -0.830. The smallest absolute Gasteiger partial charge is 0.144 e. The number of hydrogen-bond donors (Lipinski definition) is 1. The highest BCUT2D eigenvalue weighted by atomic mass is 16.5. The standard InChI is InChI=1S/C6H11NO2/c1-9-6-4-7-3-2-5-8/h2-3,5,7H,4,6H2,1H3. The SMILES string of the molecule is COCCNC=CC=O. The third-order valence-corrected chi connectivity index (χ3v) is 0.743. The van der Waals surface area contributed by atoms with E-state index in [1.165, 1.54) is 6.08 Å². The molecule has 0 aliphatic carbocycles. The topological polar surface area (TPSA) is 38.3 Å². The number of methoxy groups -OCH3 is 1. The summed E-state index contributed by atoms with van der Waals surface area (Å²) >= 11 is 0. The number of aldehydes is 1. The van der Waals surface area contributed by atoms with Crippen LogP contribution in [0.2, 0.25) is 0 Å². The highest BCUT2D eigenvalue weighted by Crippen LogP contribution is 1.64. The molecule has 3 nitrogen and oxygen atoms in total. The molecule has 0 aromatic heterocycles. The second-order valence-corrected chi connectivity index (χ2v) is 1.44. The summed E-state index contributed by atoms with van der Waals surface area (Å²) in [4.78, 5) is 9.68. The average Bonchev–Trinajstić information content (AvgIpc) is 1.89. The summed E-state index contributed by atoms with van der Waals surface area (Å²) in [5.41, 5.74) is 0. The zero-order chi connectivity index (χ0) is 6.95. The monoisotopic (exact) mass is 129 g/mol. The lowest BCUT2D eigenvalue weighted by atomic mass is 10.6. The first kappa shape index (κ1) is 8.17. The number of rotatable bonds is 5. The molecule has 1 N–H and O–H groups in total. The maximum absolute atomic E-state index is 9.68. The summed E-state index contributed by atoms with van der Waals surface area (Å²) in [6.45, 7) is 1.39. The van der Waals surface area contributed by atoms with Crippen LogP contribution in [0.25, 0.3) is 0 Å². The quantitative estimate of drug-likeness (QED) is 0.321. The molecule has 0 amide bonds. The minimum atomic E-state index is 0.656. The molecule has 0 spiro atoms. The lowest BCUT2D eigenvalue weighted by Crippen LogP contribution is -2.11. The van der Waals surface area contributed by atoms with Crippen LogP contribution >= 0.6 is 0 Å². The highest BCUT2D eigenvalue weighted by molar-refractivity contribution is 5.64. The van der Waals surface area contributed by atoms with E-state index in [0.29, 0.717) is 6.61 Å². The number of carbonyl (C=O) groups is 1. The molecule has 0 fully saturated rings. The molecule has 0 aliphatic rings. The summed E-state index contributed by atoms with van der Waals surface area (Å²) < 4.78 is 4.74. The lowest BCUT2D eigenvalue weighted by Gasteiger charge is -1.95. The third kappa shape index (κ3) is 7.17. The van der Waals surface area contributed by atoms with Gasteiger partial charge in [0.2, 0.25) is 0 Å². The molecule has 0 aromatic rings. The van der Waals surface area contributed by atoms with Gasteiger partial charge in [-0.15, -0.1) is 0 Å². The van der Waals surface area contributed by atoms with Gasteiger partial charge in [0, 0.05) is 13.7 Å². The molecule has 3 heteroatoms. The molecule has 0 atom stereocenters. The van der Waals surface area contributed by atoms with Crippen molar-refractivity contribution in [1.82, 2.24) is 5.32 Å². The van der Waals surface area contributed by atoms with Gasteiger partial charge in [0.1, 0.15) is 6.29 Å². The Bertz CT molecular complexity index is 91.1. The maximum Gasteiger partial charge on any atom is 0.144 e. The number of ether oxygens (including phenoxy) is 1. The predicted octanol–water partition coefficient (Wildman–Crippen LogP) is -0.0650. The minimum Gasteiger partial charge on any atom is -0.388 e. The van der Waals surface area contributed by atoms with Crippen LogP contribution in [-0.4, -0.2) is 26.5 Å². The molecule has 0 saturated carbocycles. The number of carbonyl (C=O) groups excluding carboxylic acids is 1. The Morgan fingerprint density at radius 2 is 2.44 bits per heavy atom. The van der Waals surface area contributed by atoms with Crippen LogP contribution < -0.4 is 5.32 Å². The van der Waals surface area contributed by atoms with Crippen molar-refractivity contribution in [3.05, 3.63) is 12.3 Å². The van der Waals surface area contributed by atoms with E-state index in [2.05, 4.69) is 5.32 Å². The van der Waals surface area contributed by atoms with Gasteiger partial charge in [-0.3, -0.25) is 4.79 Å². The Morgan fingerprint density at radius 3 is 3.00 bits per heavy atom. The van der Waals surface area contributed by atoms with Crippen LogP contribution in [0.5, 0.6) is 0 Å². The van der Waals surface area contributed by atoms with E-state index in [4.69, 9.17) is 4.74 Å². The fraction of sp³-hybridized carbons (Fsp3) is 0.500. The summed E-state index contributed by atoms with van der Waals surface area (Å²) in [5, 5.41) is 2.85. The lowest BCUT2D eigenvalue weighted by molar-refractivity contribution is -0.104. The summed E-state index contributed by atoms with van der Waals surface area (Å²) in [6, 6.07) is 0. The van der Waals surface area contributed by atoms with Gasteiger partial charge in [0.25, 0.3) is 0 Å². The van der Waals surface area contributed by atoms with E-state index in [-0.39, 0.29) is 0 Å². The molecule has 0 rings (SSSR count). The van der Waals surface area contributed by atoms with E-state index < -0.39 is 0 Å². The van der Waals surface area contributed by atoms with E-state index in [1.54, 1.807) is 13.3 Å². The summed E-state index contributed by atoms with van der Waals surface area (Å²) in [6.07, 6.45) is 3.71. The first-order valence-electron chi connectivity index (χ1n) is 2.74. The first-order valence-corrected chi connectivity index (χ1v) is 2.74. The van der Waals surface area contributed by atoms with Gasteiger partial charge in [-0.2, -0.15) is 0 Å². The molecule has 0 bridgehead atoms. The molecule has 52 valence electrons. The van der Waals surface area contributed by atoms with Crippen LogP contribution in [0.15, 0.2) is 12.3 Å². The average molecular weight is 129 g/mol. The summed E-state index contributed by atoms with van der Waals surface area (Å²) in [7, 11) is 1.63. The van der Waals surface area contributed by atoms with Crippen molar-refractivity contribution >= 4 is 6.29 Å². The van der Waals surface area contributed by atoms with Crippen LogP contribution in [0, 0.1) is 0 Å². The van der Waals surface area contributed by atoms with Gasteiger partial charge < -0.3 is 10.1 Å². The largest absolute Gasteiger partial charge is 0.388 e. The van der Waals surface area contributed by atoms with Crippen molar-refractivity contribution in [1.29, 1.82) is 0 Å². The molecular formula is C6H11NO2. The molecule has 0 unspecified atom stereocenters. The van der Waals surface area contributed by atoms with Crippen molar-refractivity contribution in [3.63, 3.8) is 0 Å². The molecule has 0 aromatic carbocycles. The molecule has 0 radical (unpaired) electrons. The molecular weight excluding hydrogens is 118 g/mol. The van der Waals surface area contributed by atoms with Gasteiger partial charge in [-0.05, 0) is 12.3 Å². The van der Waals surface area contributed by atoms with Gasteiger partial charge in [-0.1, -0.05) is 0 Å². The number of hydrogen-bond acceptors (Lipinski definition) is 3. The molecule has 0 aliphatic heterocycles. The van der Waals surface area contributed by atoms with Crippen LogP contribution in [-0.2, 0) is 9.53 Å². The Kier molecular flexibility index (Phi) is 6.51. The van der Waals surface area contributed by atoms with Crippen molar-refractivity contribution in [2.24, 2.45) is 0 Å². The Morgan fingerprint density at radius 1 is 1.67 bits per heavy atom. The normalized spacial score (nSPS) is 9.89. The number of nitrogens with one attached hydrogen (secondary N) is 1. The fourth-order valence-corrected chi connectivity index (χ4v) is 0.352. The van der Waals surface area contributed by atoms with Crippen LogP contribution in [0.4, 0.5) is 0 Å². The Labute approximate surface area is 54.7 Å². The van der Waals surface area contributed by atoms with E-state index in [1.807, 2.05) is 0 Å². The minimum absolute atomic E-state index is 0.656. The molecule has 0 heterocycles. The predicted molar refractivity (Wildman–Crippen MR) is 35.1 cm³/mol.